The molecule has 0 saturated carbocycles. The van der Waals surface area contributed by atoms with Crippen LogP contribution in [0.25, 0.3) is 0 Å². The Kier molecular flexibility index (Phi) is 2.60. The Bertz CT molecular complexity index is 195. The maximum atomic E-state index is 10.2. The van der Waals surface area contributed by atoms with E-state index in [1.165, 1.54) is 6.92 Å². The van der Waals surface area contributed by atoms with Crippen molar-refractivity contribution in [1.29, 1.82) is 5.41 Å². The summed E-state index contributed by atoms with van der Waals surface area (Å²) in [5.41, 5.74) is 0. The number of hydrogen-bond donors (Lipinski definition) is 2. The molecule has 9 heavy (non-hydrogen) atoms. The first-order chi connectivity index (χ1) is 3.92. The van der Waals surface area contributed by atoms with Gasteiger partial charge in [0.15, 0.2) is 0 Å². The number of sulfonamides is 1. The fourth-order valence-electron chi connectivity index (χ4n) is 0.138. The van der Waals surface area contributed by atoms with Gasteiger partial charge in [-0.05, 0) is 4.89 Å². The summed E-state index contributed by atoms with van der Waals surface area (Å²) in [6.07, 6.45) is 0.940. The fraction of sp³-hybridized carbons (Fsp3) is 0.667. The van der Waals surface area contributed by atoms with E-state index < -0.39 is 10.0 Å². The van der Waals surface area contributed by atoms with Crippen molar-refractivity contribution in [1.82, 2.24) is 4.89 Å². The largest absolute Gasteiger partial charge is 0.379 e. The molecule has 0 aromatic carbocycles. The van der Waals surface area contributed by atoms with Crippen molar-refractivity contribution in [3.8, 4) is 0 Å². The third-order valence-corrected chi connectivity index (χ3v) is 0.732. The van der Waals surface area contributed by atoms with E-state index in [0.717, 1.165) is 6.26 Å². The van der Waals surface area contributed by atoms with Gasteiger partial charge in [0, 0.05) is 6.92 Å². The van der Waals surface area contributed by atoms with Crippen LogP contribution in [0.1, 0.15) is 6.92 Å². The molecule has 0 saturated heterocycles. The van der Waals surface area contributed by atoms with Crippen LogP contribution in [0, 0.1) is 5.41 Å². The number of hydrogen-bond acceptors (Lipinski definition) is 4. The van der Waals surface area contributed by atoms with E-state index in [1.807, 2.05) is 0 Å². The Balaban J connectivity index is 3.67. The zero-order valence-corrected chi connectivity index (χ0v) is 5.95. The molecule has 0 aromatic rings. The Labute approximate surface area is 53.5 Å². The molecule has 0 radical (unpaired) electrons. The topological polar surface area (TPSA) is 79.2 Å². The summed E-state index contributed by atoms with van der Waals surface area (Å²) in [7, 11) is -3.33. The van der Waals surface area contributed by atoms with E-state index in [2.05, 4.69) is 4.84 Å². The molecule has 0 spiro atoms. The average molecular weight is 152 g/mol. The van der Waals surface area contributed by atoms with Crippen molar-refractivity contribution in [2.24, 2.45) is 0 Å². The Morgan fingerprint density at radius 1 is 1.67 bits per heavy atom. The van der Waals surface area contributed by atoms with E-state index >= 15 is 0 Å². The van der Waals surface area contributed by atoms with Crippen LogP contribution >= 0.6 is 0 Å². The SMILES string of the molecule is CC(=N)ONS(C)(=O)=O. The highest BCUT2D eigenvalue weighted by Crippen LogP contribution is 1.75. The van der Waals surface area contributed by atoms with Crippen LogP contribution in [-0.2, 0) is 14.9 Å². The molecule has 0 aliphatic heterocycles. The molecule has 0 atom stereocenters. The van der Waals surface area contributed by atoms with Gasteiger partial charge in [-0.15, -0.1) is 0 Å². The normalized spacial score (nSPS) is 10.9. The van der Waals surface area contributed by atoms with Crippen molar-refractivity contribution < 1.29 is 13.3 Å². The van der Waals surface area contributed by atoms with Crippen molar-refractivity contribution in [3.63, 3.8) is 0 Å². The molecule has 0 unspecified atom stereocenters. The highest BCUT2D eigenvalue weighted by atomic mass is 32.2. The standard InChI is InChI=1S/C3H8N2O3S/c1-3(4)8-5-9(2,6)7/h4-5H,1-2H3. The molecule has 2 N–H and O–H groups in total. The highest BCUT2D eigenvalue weighted by Gasteiger charge is 1.98. The second kappa shape index (κ2) is 2.79. The Hall–Kier alpha value is -0.620. The first-order valence-electron chi connectivity index (χ1n) is 2.10. The first kappa shape index (κ1) is 8.38. The summed E-state index contributed by atoms with van der Waals surface area (Å²) in [5.74, 6) is -0.194. The van der Waals surface area contributed by atoms with E-state index in [0.29, 0.717) is 0 Å². The fourth-order valence-corrected chi connectivity index (χ4v) is 0.415. The summed E-state index contributed by atoms with van der Waals surface area (Å²) in [5, 5.41) is 6.63. The van der Waals surface area contributed by atoms with E-state index in [4.69, 9.17) is 5.41 Å². The molecule has 0 aliphatic carbocycles. The van der Waals surface area contributed by atoms with Gasteiger partial charge >= 0.3 is 0 Å². The minimum absolute atomic E-state index is 0.194. The summed E-state index contributed by atoms with van der Waals surface area (Å²) in [6, 6.07) is 0. The molecule has 6 heteroatoms. The van der Waals surface area contributed by atoms with Crippen LogP contribution in [-0.4, -0.2) is 20.6 Å². The van der Waals surface area contributed by atoms with E-state index in [9.17, 15) is 8.42 Å². The second-order valence-corrected chi connectivity index (χ2v) is 3.22. The van der Waals surface area contributed by atoms with Crippen LogP contribution in [0.4, 0.5) is 0 Å². The summed E-state index contributed by atoms with van der Waals surface area (Å²) in [6.45, 7) is 1.32. The maximum Gasteiger partial charge on any atom is 0.239 e. The lowest BCUT2D eigenvalue weighted by Gasteiger charge is -1.99. The van der Waals surface area contributed by atoms with Gasteiger partial charge in [0.05, 0.1) is 6.26 Å². The molecule has 0 bridgehead atoms. The van der Waals surface area contributed by atoms with Crippen molar-refractivity contribution in [2.45, 2.75) is 6.92 Å². The number of rotatable bonds is 2. The molecule has 5 nitrogen and oxygen atoms in total. The Morgan fingerprint density at radius 3 is 2.22 bits per heavy atom. The quantitative estimate of drug-likeness (QED) is 0.317. The maximum absolute atomic E-state index is 10.2. The van der Waals surface area contributed by atoms with Gasteiger partial charge in [0.25, 0.3) is 0 Å². The third-order valence-electron chi connectivity index (χ3n) is 0.346. The van der Waals surface area contributed by atoms with Crippen molar-refractivity contribution >= 4 is 15.9 Å². The van der Waals surface area contributed by atoms with Crippen LogP contribution in [0.15, 0.2) is 0 Å². The lowest BCUT2D eigenvalue weighted by Crippen LogP contribution is -2.24. The van der Waals surface area contributed by atoms with Crippen molar-refractivity contribution in [3.05, 3.63) is 0 Å². The predicted octanol–water partition coefficient (Wildman–Crippen LogP) is -0.536. The molecular formula is C3H8N2O3S. The summed E-state index contributed by atoms with van der Waals surface area (Å²) < 4.78 is 20.4. The van der Waals surface area contributed by atoms with E-state index in [-0.39, 0.29) is 5.90 Å². The first-order valence-corrected chi connectivity index (χ1v) is 4.00. The van der Waals surface area contributed by atoms with Gasteiger partial charge in [-0.2, -0.15) is 0 Å². The molecule has 0 aromatic heterocycles. The van der Waals surface area contributed by atoms with Crippen LogP contribution < -0.4 is 4.89 Å². The van der Waals surface area contributed by atoms with Crippen LogP contribution in [0.5, 0.6) is 0 Å². The van der Waals surface area contributed by atoms with Gasteiger partial charge in [0.1, 0.15) is 0 Å². The molecule has 0 aliphatic rings. The zero-order chi connectivity index (χ0) is 7.49. The Morgan fingerprint density at radius 2 is 2.11 bits per heavy atom. The molecule has 0 rings (SSSR count). The van der Waals surface area contributed by atoms with Crippen LogP contribution in [0.2, 0.25) is 0 Å². The minimum Gasteiger partial charge on any atom is -0.379 e. The van der Waals surface area contributed by atoms with Gasteiger partial charge in [0.2, 0.25) is 15.9 Å². The highest BCUT2D eigenvalue weighted by molar-refractivity contribution is 7.88. The molecule has 0 fully saturated rings. The minimum atomic E-state index is -3.33. The zero-order valence-electron chi connectivity index (χ0n) is 5.13. The van der Waals surface area contributed by atoms with E-state index in [1.54, 1.807) is 4.89 Å². The molecular weight excluding hydrogens is 144 g/mol. The number of nitrogens with one attached hydrogen (secondary N) is 2. The monoisotopic (exact) mass is 152 g/mol. The van der Waals surface area contributed by atoms with Crippen molar-refractivity contribution in [2.75, 3.05) is 6.26 Å². The predicted molar refractivity (Wildman–Crippen MR) is 32.5 cm³/mol. The molecule has 0 amide bonds. The van der Waals surface area contributed by atoms with Gasteiger partial charge in [-0.1, -0.05) is 0 Å². The van der Waals surface area contributed by atoms with Crippen LogP contribution in [0.3, 0.4) is 0 Å². The van der Waals surface area contributed by atoms with Gasteiger partial charge in [-0.3, -0.25) is 5.41 Å². The smallest absolute Gasteiger partial charge is 0.239 e. The second-order valence-electron chi connectivity index (χ2n) is 1.51. The lowest BCUT2D eigenvalue weighted by atomic mass is 10.8. The molecule has 0 heterocycles. The summed E-state index contributed by atoms with van der Waals surface area (Å²) in [4.78, 5) is 5.82. The lowest BCUT2D eigenvalue weighted by molar-refractivity contribution is 0.251. The third kappa shape index (κ3) is 7.38. The molecule has 54 valence electrons. The summed E-state index contributed by atoms with van der Waals surface area (Å²) >= 11 is 0. The van der Waals surface area contributed by atoms with Gasteiger partial charge in [-0.25, -0.2) is 8.42 Å². The average Bonchev–Trinajstić information content (AvgIpc) is 1.59. The van der Waals surface area contributed by atoms with Gasteiger partial charge < -0.3 is 4.84 Å².